The number of alkyl halides is 3. The molecule has 0 aliphatic heterocycles. The van der Waals surface area contributed by atoms with Crippen molar-refractivity contribution in [1.82, 2.24) is 14.8 Å². The third-order valence-electron chi connectivity index (χ3n) is 3.09. The number of hydrogen-bond donors (Lipinski definition) is 1. The molecule has 0 saturated heterocycles. The Balaban J connectivity index is 2.45. The second-order valence-corrected chi connectivity index (χ2v) is 5.83. The Labute approximate surface area is 121 Å². The second-order valence-electron chi connectivity index (χ2n) is 5.83. The molecule has 1 N–H and O–H groups in total. The lowest BCUT2D eigenvalue weighted by molar-refractivity contribution is -0.138. The fourth-order valence-electron chi connectivity index (χ4n) is 2.00. The lowest BCUT2D eigenvalue weighted by Gasteiger charge is -2.24. The molecule has 114 valence electrons. The number of anilines is 2. The summed E-state index contributed by atoms with van der Waals surface area (Å²) in [5, 5.41) is 6.95. The van der Waals surface area contributed by atoms with Crippen LogP contribution in [0.2, 0.25) is 0 Å². The molecule has 7 heteroatoms. The van der Waals surface area contributed by atoms with Crippen molar-refractivity contribution in [1.29, 1.82) is 0 Å². The topological polar surface area (TPSA) is 42.7 Å². The Bertz CT molecular complexity index is 638. The van der Waals surface area contributed by atoms with Gasteiger partial charge in [0.2, 0.25) is 0 Å². The molecule has 2 aromatic heterocycles. The van der Waals surface area contributed by atoms with Gasteiger partial charge in [-0.3, -0.25) is 4.68 Å². The maximum absolute atomic E-state index is 13.1. The molecule has 0 aromatic carbocycles. The summed E-state index contributed by atoms with van der Waals surface area (Å²) in [7, 11) is 1.73. The Hall–Kier alpha value is -2.05. The van der Waals surface area contributed by atoms with E-state index in [1.54, 1.807) is 44.8 Å². The van der Waals surface area contributed by atoms with Crippen LogP contribution in [0.5, 0.6) is 0 Å². The van der Waals surface area contributed by atoms with Crippen molar-refractivity contribution in [3.05, 3.63) is 35.7 Å². The van der Waals surface area contributed by atoms with E-state index in [4.69, 9.17) is 0 Å². The Morgan fingerprint density at radius 2 is 1.81 bits per heavy atom. The predicted molar refractivity (Wildman–Crippen MR) is 74.4 cm³/mol. The van der Waals surface area contributed by atoms with Crippen LogP contribution in [-0.2, 0) is 18.6 Å². The van der Waals surface area contributed by atoms with Crippen LogP contribution >= 0.6 is 0 Å². The highest BCUT2D eigenvalue weighted by Crippen LogP contribution is 2.38. The first-order chi connectivity index (χ1) is 9.59. The fourth-order valence-corrected chi connectivity index (χ4v) is 2.00. The molecule has 0 unspecified atom stereocenters. The molecule has 0 radical (unpaired) electrons. The van der Waals surface area contributed by atoms with E-state index in [-0.39, 0.29) is 5.56 Å². The fraction of sp³-hybridized carbons (Fsp3) is 0.429. The van der Waals surface area contributed by atoms with Crippen LogP contribution in [0.3, 0.4) is 0 Å². The van der Waals surface area contributed by atoms with Crippen LogP contribution in [0, 0.1) is 0 Å². The molecular formula is C14H17F3N4. The maximum Gasteiger partial charge on any atom is 0.418 e. The van der Waals surface area contributed by atoms with Gasteiger partial charge in [0, 0.05) is 19.3 Å². The third kappa shape index (κ3) is 3.34. The van der Waals surface area contributed by atoms with Gasteiger partial charge in [0.15, 0.2) is 0 Å². The number of hydrogen-bond acceptors (Lipinski definition) is 3. The van der Waals surface area contributed by atoms with E-state index >= 15 is 0 Å². The van der Waals surface area contributed by atoms with Gasteiger partial charge >= 0.3 is 6.18 Å². The molecule has 0 amide bonds. The molecule has 0 aliphatic carbocycles. The molecule has 0 spiro atoms. The summed E-state index contributed by atoms with van der Waals surface area (Å²) >= 11 is 0. The minimum atomic E-state index is -4.42. The van der Waals surface area contributed by atoms with Crippen LogP contribution in [0.1, 0.15) is 31.9 Å². The number of halogens is 3. The zero-order valence-corrected chi connectivity index (χ0v) is 12.3. The van der Waals surface area contributed by atoms with E-state index < -0.39 is 17.2 Å². The summed E-state index contributed by atoms with van der Waals surface area (Å²) in [6.07, 6.45) is -1.95. The van der Waals surface area contributed by atoms with Crippen molar-refractivity contribution in [3.63, 3.8) is 0 Å². The van der Waals surface area contributed by atoms with E-state index in [1.807, 2.05) is 0 Å². The quantitative estimate of drug-likeness (QED) is 0.915. The van der Waals surface area contributed by atoms with Gasteiger partial charge in [-0.15, -0.1) is 0 Å². The zero-order valence-electron chi connectivity index (χ0n) is 12.3. The molecule has 2 heterocycles. The maximum atomic E-state index is 13.1. The molecule has 2 aromatic rings. The molecule has 0 fully saturated rings. The monoisotopic (exact) mass is 298 g/mol. The molecule has 0 atom stereocenters. The number of nitrogens with zero attached hydrogens (tertiary/aromatic N) is 3. The van der Waals surface area contributed by atoms with Crippen LogP contribution in [0.15, 0.2) is 24.5 Å². The first kappa shape index (κ1) is 15.3. The number of aromatic nitrogens is 3. The molecule has 0 aliphatic rings. The number of pyridine rings is 1. The SMILES string of the molecule is Cn1nccc1Nc1cc(C(C)(C)C)c(C(F)(F)F)cn1. The Morgan fingerprint density at radius 1 is 1.14 bits per heavy atom. The van der Waals surface area contributed by atoms with Gasteiger partial charge in [0.1, 0.15) is 11.6 Å². The summed E-state index contributed by atoms with van der Waals surface area (Å²) in [5.41, 5.74) is -1.14. The second kappa shape index (κ2) is 5.05. The standard InChI is InChI=1S/C14H17F3N4/c1-13(2,3)9-7-11(18-8-10(9)14(15,16)17)20-12-5-6-19-21(12)4/h5-8H,1-4H3,(H,18,20). The van der Waals surface area contributed by atoms with Gasteiger partial charge in [-0.1, -0.05) is 20.8 Å². The highest BCUT2D eigenvalue weighted by Gasteiger charge is 2.37. The van der Waals surface area contributed by atoms with Gasteiger partial charge in [-0.2, -0.15) is 18.3 Å². The normalized spacial score (nSPS) is 12.5. The Kier molecular flexibility index (Phi) is 3.69. The lowest BCUT2D eigenvalue weighted by Crippen LogP contribution is -2.20. The van der Waals surface area contributed by atoms with Crippen molar-refractivity contribution in [3.8, 4) is 0 Å². The van der Waals surface area contributed by atoms with Crippen molar-refractivity contribution in [2.45, 2.75) is 32.4 Å². The molecular weight excluding hydrogens is 281 g/mol. The molecule has 4 nitrogen and oxygen atoms in total. The summed E-state index contributed by atoms with van der Waals surface area (Å²) in [4.78, 5) is 3.86. The van der Waals surface area contributed by atoms with E-state index in [1.165, 1.54) is 6.07 Å². The van der Waals surface area contributed by atoms with Crippen molar-refractivity contribution in [2.75, 3.05) is 5.32 Å². The van der Waals surface area contributed by atoms with Gasteiger partial charge < -0.3 is 5.32 Å². The lowest BCUT2D eigenvalue weighted by atomic mass is 9.84. The van der Waals surface area contributed by atoms with E-state index in [0.717, 1.165) is 6.20 Å². The van der Waals surface area contributed by atoms with Crippen LogP contribution < -0.4 is 5.32 Å². The first-order valence-electron chi connectivity index (χ1n) is 6.42. The first-order valence-corrected chi connectivity index (χ1v) is 6.42. The van der Waals surface area contributed by atoms with Gasteiger partial charge in [0.25, 0.3) is 0 Å². The predicted octanol–water partition coefficient (Wildman–Crippen LogP) is 3.88. The summed E-state index contributed by atoms with van der Waals surface area (Å²) in [6, 6.07) is 3.16. The van der Waals surface area contributed by atoms with Crippen LogP contribution in [0.25, 0.3) is 0 Å². The van der Waals surface area contributed by atoms with Crippen molar-refractivity contribution >= 4 is 11.6 Å². The van der Waals surface area contributed by atoms with Gasteiger partial charge in [-0.25, -0.2) is 4.98 Å². The summed E-state index contributed by atoms with van der Waals surface area (Å²) < 4.78 is 40.8. The minimum Gasteiger partial charge on any atom is -0.325 e. The highest BCUT2D eigenvalue weighted by molar-refractivity contribution is 5.54. The number of aryl methyl sites for hydroxylation is 1. The Morgan fingerprint density at radius 3 is 2.29 bits per heavy atom. The number of rotatable bonds is 2. The average molecular weight is 298 g/mol. The van der Waals surface area contributed by atoms with Gasteiger partial charge in [-0.05, 0) is 17.0 Å². The molecule has 0 saturated carbocycles. The minimum absolute atomic E-state index is 0.203. The van der Waals surface area contributed by atoms with E-state index in [0.29, 0.717) is 11.6 Å². The van der Waals surface area contributed by atoms with E-state index in [2.05, 4.69) is 15.4 Å². The summed E-state index contributed by atoms with van der Waals surface area (Å²) in [5.74, 6) is 1.01. The van der Waals surface area contributed by atoms with Crippen LogP contribution in [-0.4, -0.2) is 14.8 Å². The third-order valence-corrected chi connectivity index (χ3v) is 3.09. The van der Waals surface area contributed by atoms with Gasteiger partial charge in [0.05, 0.1) is 11.8 Å². The van der Waals surface area contributed by atoms with E-state index in [9.17, 15) is 13.2 Å². The largest absolute Gasteiger partial charge is 0.418 e. The number of nitrogens with one attached hydrogen (secondary N) is 1. The van der Waals surface area contributed by atoms with Crippen molar-refractivity contribution < 1.29 is 13.2 Å². The molecule has 2 rings (SSSR count). The smallest absolute Gasteiger partial charge is 0.325 e. The zero-order chi connectivity index (χ0) is 15.8. The van der Waals surface area contributed by atoms with Crippen molar-refractivity contribution in [2.24, 2.45) is 7.05 Å². The average Bonchev–Trinajstić information content (AvgIpc) is 2.72. The highest BCUT2D eigenvalue weighted by atomic mass is 19.4. The molecule has 0 bridgehead atoms. The van der Waals surface area contributed by atoms with Crippen LogP contribution in [0.4, 0.5) is 24.8 Å². The molecule has 21 heavy (non-hydrogen) atoms. The summed E-state index contributed by atoms with van der Waals surface area (Å²) in [6.45, 7) is 5.22.